The van der Waals surface area contributed by atoms with Crippen molar-refractivity contribution in [2.45, 2.75) is 16.6 Å². The zero-order chi connectivity index (χ0) is 17.9. The van der Waals surface area contributed by atoms with Gasteiger partial charge in [0.25, 0.3) is 0 Å². The topological polar surface area (TPSA) is 54.7 Å². The number of aromatic hydroxyl groups is 1. The monoisotopic (exact) mass is 362 g/mol. The molecule has 4 nitrogen and oxygen atoms in total. The minimum Gasteiger partial charge on any atom is -0.507 e. The highest BCUT2D eigenvalue weighted by molar-refractivity contribution is 8.01. The van der Waals surface area contributed by atoms with E-state index in [-0.39, 0.29) is 11.0 Å². The Labute approximate surface area is 156 Å². The lowest BCUT2D eigenvalue weighted by atomic mass is 10.0. The molecule has 1 unspecified atom stereocenters. The molecule has 1 aliphatic heterocycles. The zero-order valence-corrected chi connectivity index (χ0v) is 15.1. The summed E-state index contributed by atoms with van der Waals surface area (Å²) >= 11 is 1.76. The Morgan fingerprint density at radius 3 is 2.69 bits per heavy atom. The Hall–Kier alpha value is -2.79. The third kappa shape index (κ3) is 3.30. The Morgan fingerprint density at radius 2 is 1.92 bits per heavy atom. The molecule has 1 aromatic heterocycles. The molecule has 130 valence electrons. The molecule has 3 aromatic rings. The van der Waals surface area contributed by atoms with Gasteiger partial charge < -0.3 is 9.84 Å². The van der Waals surface area contributed by atoms with Crippen LogP contribution in [0.4, 0.5) is 5.69 Å². The van der Waals surface area contributed by atoms with E-state index in [2.05, 4.69) is 11.1 Å². The first kappa shape index (κ1) is 16.7. The van der Waals surface area contributed by atoms with Crippen LogP contribution in [-0.4, -0.2) is 28.2 Å². The van der Waals surface area contributed by atoms with E-state index in [0.717, 1.165) is 34.0 Å². The molecule has 4 rings (SSSR count). The van der Waals surface area contributed by atoms with Gasteiger partial charge in [-0.05, 0) is 36.4 Å². The number of fused-ring (bicyclic) bond motifs is 1. The molecule has 1 N–H and O–H groups in total. The number of ether oxygens (including phenoxy) is 1. The highest BCUT2D eigenvalue weighted by atomic mass is 32.2. The molecule has 0 radical (unpaired) electrons. The number of aliphatic imine (C=N–C) groups is 1. The quantitative estimate of drug-likeness (QED) is 0.735. The lowest BCUT2D eigenvalue weighted by Crippen LogP contribution is -2.24. The van der Waals surface area contributed by atoms with Gasteiger partial charge in [-0.3, -0.25) is 9.98 Å². The van der Waals surface area contributed by atoms with Gasteiger partial charge in [-0.1, -0.05) is 18.2 Å². The van der Waals surface area contributed by atoms with Gasteiger partial charge in [0.2, 0.25) is 0 Å². The Morgan fingerprint density at radius 1 is 1.08 bits per heavy atom. The number of thioether (sulfide) groups is 1. The van der Waals surface area contributed by atoms with E-state index in [1.807, 2.05) is 48.5 Å². The summed E-state index contributed by atoms with van der Waals surface area (Å²) in [7, 11) is 1.59. The molecule has 0 amide bonds. The van der Waals surface area contributed by atoms with Crippen molar-refractivity contribution in [3.63, 3.8) is 0 Å². The third-order valence-corrected chi connectivity index (χ3v) is 5.56. The Kier molecular flexibility index (Phi) is 4.63. The molecule has 0 fully saturated rings. The van der Waals surface area contributed by atoms with Crippen molar-refractivity contribution in [1.82, 2.24) is 4.98 Å². The SMILES string of the molecule is COc1ccc(C2=Nc3ccccc3SC2Cc2ccccn2)c(O)c1. The van der Waals surface area contributed by atoms with Gasteiger partial charge in [-0.25, -0.2) is 0 Å². The highest BCUT2D eigenvalue weighted by Gasteiger charge is 2.27. The van der Waals surface area contributed by atoms with Gasteiger partial charge in [0.1, 0.15) is 11.5 Å². The van der Waals surface area contributed by atoms with Crippen molar-refractivity contribution < 1.29 is 9.84 Å². The fourth-order valence-electron chi connectivity index (χ4n) is 3.00. The van der Waals surface area contributed by atoms with Gasteiger partial charge in [0.15, 0.2) is 0 Å². The molecule has 2 aromatic carbocycles. The fourth-order valence-corrected chi connectivity index (χ4v) is 4.24. The third-order valence-electron chi connectivity index (χ3n) is 4.28. The standard InChI is InChI=1S/C21H18N2O2S/c1-25-15-9-10-16(18(24)13-15)21-20(12-14-6-4-5-11-22-14)26-19-8-3-2-7-17(19)23-21/h2-11,13,20,24H,12H2,1H3. The normalized spacial score (nSPS) is 15.9. The molecule has 0 aliphatic carbocycles. The van der Waals surface area contributed by atoms with Crippen LogP contribution < -0.4 is 4.74 Å². The maximum atomic E-state index is 10.5. The number of benzene rings is 2. The number of phenols is 1. The molecular weight excluding hydrogens is 344 g/mol. The molecule has 2 heterocycles. The predicted octanol–water partition coefficient (Wildman–Crippen LogP) is 4.63. The van der Waals surface area contributed by atoms with Gasteiger partial charge in [0.05, 0.1) is 23.8 Å². The Balaban J connectivity index is 1.77. The fraction of sp³-hybridized carbons (Fsp3) is 0.143. The average molecular weight is 362 g/mol. The number of hydrogen-bond donors (Lipinski definition) is 1. The molecule has 0 bridgehead atoms. The molecule has 1 atom stereocenters. The average Bonchev–Trinajstić information content (AvgIpc) is 2.68. The van der Waals surface area contributed by atoms with Crippen molar-refractivity contribution >= 4 is 23.2 Å². The number of hydrogen-bond acceptors (Lipinski definition) is 5. The van der Waals surface area contributed by atoms with Crippen LogP contribution in [0.1, 0.15) is 11.3 Å². The first-order valence-electron chi connectivity index (χ1n) is 8.36. The number of nitrogens with zero attached hydrogens (tertiary/aromatic N) is 2. The zero-order valence-electron chi connectivity index (χ0n) is 14.3. The van der Waals surface area contributed by atoms with Crippen molar-refractivity contribution in [1.29, 1.82) is 0 Å². The van der Waals surface area contributed by atoms with Gasteiger partial charge in [-0.2, -0.15) is 0 Å². The minimum atomic E-state index is 0.0686. The predicted molar refractivity (Wildman–Crippen MR) is 105 cm³/mol. The smallest absolute Gasteiger partial charge is 0.128 e. The van der Waals surface area contributed by atoms with E-state index in [9.17, 15) is 5.11 Å². The van der Waals surface area contributed by atoms with E-state index in [1.54, 1.807) is 31.1 Å². The van der Waals surface area contributed by atoms with E-state index in [1.165, 1.54) is 0 Å². The summed E-state index contributed by atoms with van der Waals surface area (Å²) in [6.45, 7) is 0. The maximum absolute atomic E-state index is 10.5. The first-order chi connectivity index (χ1) is 12.7. The van der Waals surface area contributed by atoms with Crippen molar-refractivity contribution in [3.05, 3.63) is 78.1 Å². The van der Waals surface area contributed by atoms with E-state index in [4.69, 9.17) is 9.73 Å². The summed E-state index contributed by atoms with van der Waals surface area (Å²) in [6.07, 6.45) is 2.54. The molecule has 5 heteroatoms. The van der Waals surface area contributed by atoms with Crippen molar-refractivity contribution in [3.8, 4) is 11.5 Å². The van der Waals surface area contributed by atoms with Crippen LogP contribution in [0.25, 0.3) is 0 Å². The Bertz CT molecular complexity index is 957. The van der Waals surface area contributed by atoms with Crippen LogP contribution >= 0.6 is 11.8 Å². The molecule has 0 saturated heterocycles. The lowest BCUT2D eigenvalue weighted by Gasteiger charge is -2.25. The molecule has 0 saturated carbocycles. The second-order valence-electron chi connectivity index (χ2n) is 5.98. The summed E-state index contributed by atoms with van der Waals surface area (Å²) in [6, 6.07) is 19.4. The maximum Gasteiger partial charge on any atom is 0.128 e. The van der Waals surface area contributed by atoms with Gasteiger partial charge in [-0.15, -0.1) is 11.8 Å². The molecule has 0 spiro atoms. The van der Waals surface area contributed by atoms with Crippen molar-refractivity contribution in [2.75, 3.05) is 7.11 Å². The first-order valence-corrected chi connectivity index (χ1v) is 9.24. The van der Waals surface area contributed by atoms with Crippen LogP contribution in [0.15, 0.2) is 76.7 Å². The number of phenolic OH excluding ortho intramolecular Hbond substituents is 1. The summed E-state index contributed by atoms with van der Waals surface area (Å²) in [5.74, 6) is 0.797. The largest absolute Gasteiger partial charge is 0.507 e. The second-order valence-corrected chi connectivity index (χ2v) is 7.22. The second kappa shape index (κ2) is 7.22. The number of rotatable bonds is 4. The highest BCUT2D eigenvalue weighted by Crippen LogP contribution is 2.41. The summed E-state index contributed by atoms with van der Waals surface area (Å²) in [5, 5.41) is 10.6. The van der Waals surface area contributed by atoms with Gasteiger partial charge in [0, 0.05) is 34.8 Å². The molecule has 1 aliphatic rings. The van der Waals surface area contributed by atoms with Crippen LogP contribution in [0.3, 0.4) is 0 Å². The lowest BCUT2D eigenvalue weighted by molar-refractivity contribution is 0.407. The van der Waals surface area contributed by atoms with E-state index in [0.29, 0.717) is 5.75 Å². The molecule has 26 heavy (non-hydrogen) atoms. The van der Waals surface area contributed by atoms with Gasteiger partial charge >= 0.3 is 0 Å². The van der Waals surface area contributed by atoms with E-state index < -0.39 is 0 Å². The summed E-state index contributed by atoms with van der Waals surface area (Å²) < 4.78 is 5.20. The number of aromatic nitrogens is 1. The van der Waals surface area contributed by atoms with Crippen molar-refractivity contribution in [2.24, 2.45) is 4.99 Å². The molecular formula is C21H18N2O2S. The number of methoxy groups -OCH3 is 1. The van der Waals surface area contributed by atoms with Crippen LogP contribution in [0, 0.1) is 0 Å². The van der Waals surface area contributed by atoms with Crippen LogP contribution in [0.5, 0.6) is 11.5 Å². The number of para-hydroxylation sites is 1. The number of pyridine rings is 1. The van der Waals surface area contributed by atoms with E-state index >= 15 is 0 Å². The summed E-state index contributed by atoms with van der Waals surface area (Å²) in [4.78, 5) is 10.5. The van der Waals surface area contributed by atoms with Crippen LogP contribution in [-0.2, 0) is 6.42 Å². The van der Waals surface area contributed by atoms with Crippen LogP contribution in [0.2, 0.25) is 0 Å². The minimum absolute atomic E-state index is 0.0686. The summed E-state index contributed by atoms with van der Waals surface area (Å²) in [5.41, 5.74) is 3.53.